The number of ketones is 1. The Morgan fingerprint density at radius 3 is 2.71 bits per heavy atom. The lowest BCUT2D eigenvalue weighted by Gasteiger charge is -2.01. The van der Waals surface area contributed by atoms with Gasteiger partial charge in [-0.05, 0) is 37.6 Å². The number of Topliss-reactive ketones (excluding diaryl/α,β-unsaturated/α-hetero) is 1. The number of hydrogen-bond donors (Lipinski definition) is 0. The van der Waals surface area contributed by atoms with Gasteiger partial charge in [0.05, 0.1) is 17.1 Å². The van der Waals surface area contributed by atoms with E-state index in [2.05, 4.69) is 4.98 Å². The van der Waals surface area contributed by atoms with E-state index in [1.165, 1.54) is 23.5 Å². The fourth-order valence-corrected chi connectivity index (χ4v) is 2.27. The molecule has 0 aliphatic heterocycles. The Labute approximate surface area is 103 Å². The lowest BCUT2D eigenvalue weighted by atomic mass is 10.0. The fourth-order valence-electron chi connectivity index (χ4n) is 1.65. The number of aryl methyl sites for hydroxylation is 2. The fraction of sp³-hybridized carbons (Fsp3) is 0.231. The molecule has 0 bridgehead atoms. The largest absolute Gasteiger partial charge is 0.294 e. The van der Waals surface area contributed by atoms with Gasteiger partial charge in [-0.2, -0.15) is 0 Å². The molecule has 0 aliphatic carbocycles. The molecule has 1 aromatic heterocycles. The van der Waals surface area contributed by atoms with Crippen LogP contribution in [-0.2, 0) is 6.42 Å². The number of halogens is 1. The first-order chi connectivity index (χ1) is 8.04. The standard InChI is InChI=1S/C13H12FNOS/c1-8-3-10(5-11(14)4-8)13(16)6-12-7-17-9(2)15-12/h3-5,7H,6H2,1-2H3. The minimum absolute atomic E-state index is 0.0992. The third kappa shape index (κ3) is 2.97. The SMILES string of the molecule is Cc1cc(F)cc(C(=O)Cc2csc(C)n2)c1. The number of nitrogens with zero attached hydrogens (tertiary/aromatic N) is 1. The first kappa shape index (κ1) is 11.9. The monoisotopic (exact) mass is 249 g/mol. The molecule has 0 fully saturated rings. The van der Waals surface area contributed by atoms with Gasteiger partial charge < -0.3 is 0 Å². The molecular weight excluding hydrogens is 237 g/mol. The van der Waals surface area contributed by atoms with Crippen molar-refractivity contribution < 1.29 is 9.18 Å². The van der Waals surface area contributed by atoms with Crippen LogP contribution in [0.25, 0.3) is 0 Å². The molecule has 0 saturated heterocycles. The second-order valence-corrected chi connectivity index (χ2v) is 5.04. The van der Waals surface area contributed by atoms with E-state index >= 15 is 0 Å². The number of hydrogen-bond acceptors (Lipinski definition) is 3. The van der Waals surface area contributed by atoms with E-state index in [1.54, 1.807) is 13.0 Å². The van der Waals surface area contributed by atoms with Crippen molar-refractivity contribution in [3.8, 4) is 0 Å². The van der Waals surface area contributed by atoms with Crippen molar-refractivity contribution in [1.29, 1.82) is 0 Å². The minimum atomic E-state index is -0.372. The average molecular weight is 249 g/mol. The van der Waals surface area contributed by atoms with E-state index < -0.39 is 0 Å². The molecular formula is C13H12FNOS. The summed E-state index contributed by atoms with van der Waals surface area (Å²) in [7, 11) is 0. The van der Waals surface area contributed by atoms with Gasteiger partial charge in [-0.15, -0.1) is 11.3 Å². The van der Waals surface area contributed by atoms with Gasteiger partial charge >= 0.3 is 0 Å². The first-order valence-electron chi connectivity index (χ1n) is 5.26. The molecule has 0 N–H and O–H groups in total. The molecule has 17 heavy (non-hydrogen) atoms. The number of aromatic nitrogens is 1. The summed E-state index contributed by atoms with van der Waals surface area (Å²) >= 11 is 1.51. The van der Waals surface area contributed by atoms with Gasteiger partial charge in [0.1, 0.15) is 5.82 Å². The van der Waals surface area contributed by atoms with Crippen LogP contribution in [0.3, 0.4) is 0 Å². The zero-order chi connectivity index (χ0) is 12.4. The Morgan fingerprint density at radius 2 is 2.12 bits per heavy atom. The molecule has 0 unspecified atom stereocenters. The van der Waals surface area contributed by atoms with Crippen molar-refractivity contribution in [1.82, 2.24) is 4.98 Å². The summed E-state index contributed by atoms with van der Waals surface area (Å²) in [4.78, 5) is 16.2. The molecule has 4 heteroatoms. The third-order valence-corrected chi connectivity index (χ3v) is 3.19. The lowest BCUT2D eigenvalue weighted by molar-refractivity contribution is 0.0991. The highest BCUT2D eigenvalue weighted by atomic mass is 32.1. The Hall–Kier alpha value is -1.55. The predicted octanol–water partition coefficient (Wildman–Crippen LogP) is 3.32. The van der Waals surface area contributed by atoms with Gasteiger partial charge in [0.15, 0.2) is 5.78 Å². The molecule has 88 valence electrons. The molecule has 0 atom stereocenters. The number of benzene rings is 1. The Kier molecular flexibility index (Phi) is 3.33. The van der Waals surface area contributed by atoms with Crippen LogP contribution in [0.5, 0.6) is 0 Å². The topological polar surface area (TPSA) is 30.0 Å². The summed E-state index contributed by atoms with van der Waals surface area (Å²) in [5.74, 6) is -0.472. The Morgan fingerprint density at radius 1 is 1.35 bits per heavy atom. The van der Waals surface area contributed by atoms with Crippen molar-refractivity contribution in [2.45, 2.75) is 20.3 Å². The number of carbonyl (C=O) groups is 1. The van der Waals surface area contributed by atoms with Crippen LogP contribution < -0.4 is 0 Å². The van der Waals surface area contributed by atoms with Crippen LogP contribution in [0.15, 0.2) is 23.6 Å². The quantitative estimate of drug-likeness (QED) is 0.781. The first-order valence-corrected chi connectivity index (χ1v) is 6.14. The van der Waals surface area contributed by atoms with Crippen LogP contribution in [0, 0.1) is 19.7 Å². The number of thiazole rings is 1. The number of rotatable bonds is 3. The Bertz CT molecular complexity index is 542. The smallest absolute Gasteiger partial charge is 0.168 e. The van der Waals surface area contributed by atoms with Gasteiger partial charge in [0, 0.05) is 10.9 Å². The van der Waals surface area contributed by atoms with Crippen LogP contribution in [0.1, 0.15) is 26.6 Å². The molecule has 0 saturated carbocycles. The van der Waals surface area contributed by atoms with Gasteiger partial charge in [-0.3, -0.25) is 4.79 Å². The van der Waals surface area contributed by atoms with Gasteiger partial charge in [0.2, 0.25) is 0 Å². The van der Waals surface area contributed by atoms with Gasteiger partial charge in [-0.1, -0.05) is 0 Å². The number of carbonyl (C=O) groups excluding carboxylic acids is 1. The van der Waals surface area contributed by atoms with Gasteiger partial charge in [-0.25, -0.2) is 9.37 Å². The van der Waals surface area contributed by atoms with Crippen LogP contribution >= 0.6 is 11.3 Å². The van der Waals surface area contributed by atoms with Crippen molar-refractivity contribution in [2.75, 3.05) is 0 Å². The molecule has 1 aromatic carbocycles. The maximum absolute atomic E-state index is 13.2. The average Bonchev–Trinajstić information content (AvgIpc) is 2.62. The summed E-state index contributed by atoms with van der Waals surface area (Å²) in [5.41, 5.74) is 1.91. The van der Waals surface area contributed by atoms with Crippen LogP contribution in [0.4, 0.5) is 4.39 Å². The van der Waals surface area contributed by atoms with Crippen LogP contribution in [-0.4, -0.2) is 10.8 Å². The van der Waals surface area contributed by atoms with E-state index in [0.717, 1.165) is 16.3 Å². The lowest BCUT2D eigenvalue weighted by Crippen LogP contribution is -2.04. The third-order valence-electron chi connectivity index (χ3n) is 2.37. The van der Waals surface area contributed by atoms with E-state index in [0.29, 0.717) is 5.56 Å². The van der Waals surface area contributed by atoms with Gasteiger partial charge in [0.25, 0.3) is 0 Å². The van der Waals surface area contributed by atoms with E-state index in [9.17, 15) is 9.18 Å². The van der Waals surface area contributed by atoms with Crippen molar-refractivity contribution in [3.05, 3.63) is 51.2 Å². The highest BCUT2D eigenvalue weighted by Gasteiger charge is 2.10. The molecule has 2 rings (SSSR count). The molecule has 0 spiro atoms. The zero-order valence-electron chi connectivity index (χ0n) is 9.66. The van der Waals surface area contributed by atoms with E-state index in [-0.39, 0.29) is 18.0 Å². The summed E-state index contributed by atoms with van der Waals surface area (Å²) < 4.78 is 13.2. The maximum atomic E-state index is 13.2. The Balaban J connectivity index is 2.19. The van der Waals surface area contributed by atoms with E-state index in [1.807, 2.05) is 12.3 Å². The van der Waals surface area contributed by atoms with Crippen molar-refractivity contribution >= 4 is 17.1 Å². The minimum Gasteiger partial charge on any atom is -0.294 e. The molecule has 0 amide bonds. The predicted molar refractivity (Wildman–Crippen MR) is 66.0 cm³/mol. The normalized spacial score (nSPS) is 10.5. The molecule has 0 aliphatic rings. The maximum Gasteiger partial charge on any atom is 0.168 e. The molecule has 2 nitrogen and oxygen atoms in total. The van der Waals surface area contributed by atoms with Crippen molar-refractivity contribution in [2.24, 2.45) is 0 Å². The summed E-state index contributed by atoms with van der Waals surface area (Å²) in [6, 6.07) is 4.38. The summed E-state index contributed by atoms with van der Waals surface area (Å²) in [5, 5.41) is 2.79. The summed E-state index contributed by atoms with van der Waals surface area (Å²) in [6.45, 7) is 3.66. The molecule has 2 aromatic rings. The second kappa shape index (κ2) is 4.75. The van der Waals surface area contributed by atoms with Crippen LogP contribution in [0.2, 0.25) is 0 Å². The highest BCUT2D eigenvalue weighted by molar-refractivity contribution is 7.09. The molecule has 0 radical (unpaired) electrons. The molecule has 1 heterocycles. The second-order valence-electron chi connectivity index (χ2n) is 3.98. The highest BCUT2D eigenvalue weighted by Crippen LogP contribution is 2.14. The zero-order valence-corrected chi connectivity index (χ0v) is 10.5. The summed E-state index contributed by atoms with van der Waals surface area (Å²) in [6.07, 6.45) is 0.229. The van der Waals surface area contributed by atoms with Crippen molar-refractivity contribution in [3.63, 3.8) is 0 Å². The van der Waals surface area contributed by atoms with E-state index in [4.69, 9.17) is 0 Å².